The lowest BCUT2D eigenvalue weighted by Gasteiger charge is -2.29. The van der Waals surface area contributed by atoms with Gasteiger partial charge in [0, 0.05) is 37.3 Å². The van der Waals surface area contributed by atoms with Gasteiger partial charge in [0.1, 0.15) is 17.9 Å². The zero-order valence-corrected chi connectivity index (χ0v) is 39.3. The second-order valence-corrected chi connectivity index (χ2v) is 16.3. The molecule has 4 atom stereocenters. The molecule has 1 heterocycles. The molecule has 0 radical (unpaired) electrons. The number of nitrogens with one attached hydrogen (secondary N) is 6. The molecule has 0 saturated carbocycles. The van der Waals surface area contributed by atoms with E-state index in [0.29, 0.717) is 19.3 Å². The zero-order chi connectivity index (χ0) is 47.4. The number of carbonyl (C=O) groups excluding carboxylic acids is 8. The molecule has 0 spiro atoms. The molecular formula is C40H76N7O12P. The number of carboxylic acid groups (broad SMARTS) is 1. The Labute approximate surface area is 359 Å². The van der Waals surface area contributed by atoms with Crippen LogP contribution in [0.4, 0.5) is 0 Å². The van der Waals surface area contributed by atoms with Crippen LogP contribution in [0.1, 0.15) is 122 Å². The van der Waals surface area contributed by atoms with E-state index in [1.165, 1.54) is 11.8 Å². The minimum absolute atomic E-state index is 0.0865. The second kappa shape index (κ2) is 31.6. The van der Waals surface area contributed by atoms with Gasteiger partial charge in [-0.05, 0) is 55.3 Å². The van der Waals surface area contributed by atoms with Gasteiger partial charge in [0.05, 0.1) is 37.9 Å². The SMILES string of the molecule is CC.CC(C)C.CC(C)C(=O)CC(C)(C)OCCC(C)(C)C(=O)NCC(=O)N1CCCC1C(=O)NCC(=O)NC(C(=O)NCC(=O)NCC(=O)NP)C(C)O.CCC(=O)O. The second-order valence-electron chi connectivity index (χ2n) is 16.0. The first-order valence-electron chi connectivity index (χ1n) is 20.5. The molecule has 1 rings (SSSR count). The normalized spacial score (nSPS) is 14.3. The highest BCUT2D eigenvalue weighted by Gasteiger charge is 2.36. The molecule has 7 amide bonds. The van der Waals surface area contributed by atoms with Gasteiger partial charge in [-0.3, -0.25) is 43.2 Å². The number of aliphatic hydroxyl groups is 1. The third-order valence-electron chi connectivity index (χ3n) is 8.19. The van der Waals surface area contributed by atoms with Gasteiger partial charge in [0.2, 0.25) is 41.4 Å². The summed E-state index contributed by atoms with van der Waals surface area (Å²) in [5.41, 5.74) is -1.56. The van der Waals surface area contributed by atoms with Crippen LogP contribution in [0.5, 0.6) is 0 Å². The van der Waals surface area contributed by atoms with Gasteiger partial charge in [-0.25, -0.2) is 0 Å². The van der Waals surface area contributed by atoms with Crippen molar-refractivity contribution < 1.29 is 58.1 Å². The summed E-state index contributed by atoms with van der Waals surface area (Å²) < 4.78 is 5.90. The van der Waals surface area contributed by atoms with Crippen molar-refractivity contribution in [3.8, 4) is 0 Å². The Bertz CT molecular complexity index is 1390. The molecule has 19 nitrogen and oxygen atoms in total. The van der Waals surface area contributed by atoms with E-state index >= 15 is 0 Å². The van der Waals surface area contributed by atoms with E-state index in [4.69, 9.17) is 9.84 Å². The number of rotatable bonds is 21. The van der Waals surface area contributed by atoms with Crippen LogP contribution in [0.25, 0.3) is 0 Å². The summed E-state index contributed by atoms with van der Waals surface area (Å²) in [5.74, 6) is -4.21. The van der Waals surface area contributed by atoms with Gasteiger partial charge in [-0.1, -0.05) is 69.2 Å². The van der Waals surface area contributed by atoms with Crippen molar-refractivity contribution in [3.05, 3.63) is 0 Å². The smallest absolute Gasteiger partial charge is 0.303 e. The summed E-state index contributed by atoms with van der Waals surface area (Å²) in [6.45, 7) is 22.9. The van der Waals surface area contributed by atoms with E-state index in [9.17, 15) is 48.3 Å². The van der Waals surface area contributed by atoms with Crippen molar-refractivity contribution in [1.29, 1.82) is 0 Å². The van der Waals surface area contributed by atoms with Crippen LogP contribution in [0.2, 0.25) is 0 Å². The molecular weight excluding hydrogens is 801 g/mol. The number of amides is 7. The third-order valence-corrected chi connectivity index (χ3v) is 8.51. The number of Topliss-reactive ketones (excluding diaryl/α,β-unsaturated/α-hetero) is 1. The lowest BCUT2D eigenvalue weighted by molar-refractivity contribution is -0.140. The maximum atomic E-state index is 13.0. The van der Waals surface area contributed by atoms with Crippen LogP contribution in [0, 0.1) is 17.3 Å². The first-order valence-corrected chi connectivity index (χ1v) is 21.0. The number of carboxylic acids is 1. The summed E-state index contributed by atoms with van der Waals surface area (Å²) >= 11 is 0. The Morgan fingerprint density at radius 3 is 1.80 bits per heavy atom. The largest absolute Gasteiger partial charge is 0.481 e. The Balaban J connectivity index is -0.00000262. The quantitative estimate of drug-likeness (QED) is 0.0756. The Morgan fingerprint density at radius 1 is 0.800 bits per heavy atom. The molecule has 0 aromatic carbocycles. The van der Waals surface area contributed by atoms with Crippen LogP contribution < -0.4 is 31.7 Å². The predicted molar refractivity (Wildman–Crippen MR) is 231 cm³/mol. The molecule has 1 fully saturated rings. The van der Waals surface area contributed by atoms with Crippen LogP contribution in [-0.2, 0) is 47.9 Å². The van der Waals surface area contributed by atoms with E-state index in [0.717, 1.165) is 5.92 Å². The number of nitrogens with zero attached hydrogens (tertiary/aromatic N) is 1. The average Bonchev–Trinajstić information content (AvgIpc) is 3.66. The van der Waals surface area contributed by atoms with E-state index < -0.39 is 83.7 Å². The highest BCUT2D eigenvalue weighted by molar-refractivity contribution is 7.15. The number of ether oxygens (including phenoxy) is 1. The molecule has 60 heavy (non-hydrogen) atoms. The average molecular weight is 878 g/mol. The van der Waals surface area contributed by atoms with Crippen LogP contribution in [0.3, 0.4) is 0 Å². The number of hydrogen-bond donors (Lipinski definition) is 8. The molecule has 20 heteroatoms. The highest BCUT2D eigenvalue weighted by atomic mass is 31.0. The lowest BCUT2D eigenvalue weighted by atomic mass is 9.88. The van der Waals surface area contributed by atoms with Crippen molar-refractivity contribution >= 4 is 62.5 Å². The van der Waals surface area contributed by atoms with Crippen molar-refractivity contribution in [1.82, 2.24) is 36.6 Å². The maximum absolute atomic E-state index is 13.0. The number of ketones is 1. The topological polar surface area (TPSA) is 279 Å². The molecule has 0 bridgehead atoms. The first-order chi connectivity index (χ1) is 27.7. The van der Waals surface area contributed by atoms with Gasteiger partial charge >= 0.3 is 5.97 Å². The number of hydrogen-bond acceptors (Lipinski definition) is 11. The lowest BCUT2D eigenvalue weighted by Crippen LogP contribution is -2.56. The van der Waals surface area contributed by atoms with E-state index in [1.54, 1.807) is 20.8 Å². The van der Waals surface area contributed by atoms with Crippen LogP contribution >= 0.6 is 9.39 Å². The van der Waals surface area contributed by atoms with Gasteiger partial charge in [0.25, 0.3) is 0 Å². The maximum Gasteiger partial charge on any atom is 0.303 e. The fourth-order valence-corrected chi connectivity index (χ4v) is 4.79. The van der Waals surface area contributed by atoms with E-state index in [-0.39, 0.29) is 56.7 Å². The zero-order valence-electron chi connectivity index (χ0n) is 38.2. The Kier molecular flexibility index (Phi) is 31.7. The number of likely N-dealkylation sites (tertiary alicyclic amines) is 1. The molecule has 0 aromatic heterocycles. The standard InChI is InChI=1S/C31H54N7O10P.C4H10.C3H6O2.C2H6/c1-18(2)21(40)13-31(6,7)48-12-10-30(4,5)29(47)35-17-25(44)38-11-8-9-20(38)27(45)33-15-23(42)36-26(19(3)39)28(46)34-14-22(41)32-16-24(43)37-49;1-4(2)3;1-2-3(4)5;1-2/h18-20,26,39H,8-17,49H2,1-7H3,(H,32,41)(H,33,45)(H,34,46)(H,35,47)(H,36,42)(H,37,43);4H,1-3H3;2H2,1H3,(H,4,5);1-2H3. The summed E-state index contributed by atoms with van der Waals surface area (Å²) in [5, 5.41) is 31.8. The minimum Gasteiger partial charge on any atom is -0.481 e. The Hall–Kier alpha value is -4.22. The summed E-state index contributed by atoms with van der Waals surface area (Å²) in [6, 6.07) is -2.32. The molecule has 0 aromatic rings. The summed E-state index contributed by atoms with van der Waals surface area (Å²) in [4.78, 5) is 110. The van der Waals surface area contributed by atoms with Crippen molar-refractivity contribution in [3.63, 3.8) is 0 Å². The monoisotopic (exact) mass is 878 g/mol. The van der Waals surface area contributed by atoms with Crippen LogP contribution in [-0.4, -0.2) is 131 Å². The summed E-state index contributed by atoms with van der Waals surface area (Å²) in [7, 11) is 1.98. The van der Waals surface area contributed by atoms with Crippen LogP contribution in [0.15, 0.2) is 0 Å². The van der Waals surface area contributed by atoms with Crippen molar-refractivity contribution in [2.24, 2.45) is 17.3 Å². The molecule has 0 aliphatic carbocycles. The highest BCUT2D eigenvalue weighted by Crippen LogP contribution is 2.24. The number of aliphatic hydroxyl groups excluding tert-OH is 1. The minimum atomic E-state index is -1.45. The third kappa shape index (κ3) is 28.3. The van der Waals surface area contributed by atoms with Crippen molar-refractivity contribution in [2.75, 3.05) is 39.3 Å². The fraction of sp³-hybridized carbons (Fsp3) is 0.775. The van der Waals surface area contributed by atoms with E-state index in [2.05, 4.69) is 52.4 Å². The van der Waals surface area contributed by atoms with Gasteiger partial charge in [-0.2, -0.15) is 0 Å². The molecule has 348 valence electrons. The Morgan fingerprint density at radius 2 is 1.32 bits per heavy atom. The van der Waals surface area contributed by atoms with Gasteiger partial charge in [0.15, 0.2) is 0 Å². The predicted octanol–water partition coefficient (Wildman–Crippen LogP) is 1.21. The number of carbonyl (C=O) groups is 9. The molecule has 8 N–H and O–H groups in total. The molecule has 1 saturated heterocycles. The molecule has 1 aliphatic rings. The van der Waals surface area contributed by atoms with E-state index in [1.807, 2.05) is 50.9 Å². The first kappa shape index (κ1) is 60.1. The van der Waals surface area contributed by atoms with Crippen molar-refractivity contribution in [2.45, 2.75) is 146 Å². The van der Waals surface area contributed by atoms with Gasteiger partial charge < -0.3 is 51.5 Å². The summed E-state index contributed by atoms with van der Waals surface area (Å²) in [6.07, 6.45) is 0.333. The van der Waals surface area contributed by atoms with Gasteiger partial charge in [-0.15, -0.1) is 0 Å². The molecule has 4 unspecified atom stereocenters. The fourth-order valence-electron chi connectivity index (χ4n) is 4.69. The number of aliphatic carboxylic acids is 1. The molecule has 1 aliphatic heterocycles.